The van der Waals surface area contributed by atoms with E-state index in [-0.39, 0.29) is 0 Å². The van der Waals surface area contributed by atoms with Gasteiger partial charge in [-0.2, -0.15) is 5.10 Å². The Labute approximate surface area is 105 Å². The highest BCUT2D eigenvalue weighted by Gasteiger charge is 2.18. The second-order valence-corrected chi connectivity index (χ2v) is 5.52. The van der Waals surface area contributed by atoms with E-state index in [9.17, 15) is 0 Å². The third kappa shape index (κ3) is 4.46. The molecule has 0 aliphatic rings. The molecule has 0 aliphatic heterocycles. The van der Waals surface area contributed by atoms with Crippen LogP contribution < -0.4 is 5.73 Å². The molecule has 0 atom stereocenters. The summed E-state index contributed by atoms with van der Waals surface area (Å²) in [7, 11) is 1.98. The van der Waals surface area contributed by atoms with Gasteiger partial charge in [0.25, 0.3) is 0 Å². The summed E-state index contributed by atoms with van der Waals surface area (Å²) in [4.78, 5) is 4.58. The summed E-state index contributed by atoms with van der Waals surface area (Å²) in [6.45, 7) is 7.44. The fourth-order valence-corrected chi connectivity index (χ4v) is 1.99. The molecule has 17 heavy (non-hydrogen) atoms. The standard InChI is InChI=1S/C13H26N4/c1-5-6-11-15-12(17(4)16-11)7-8-13(2,3)9-10-14/h5-10,14H2,1-4H3. The third-order valence-electron chi connectivity index (χ3n) is 3.22. The van der Waals surface area contributed by atoms with Crippen LogP contribution in [0.2, 0.25) is 0 Å². The molecular weight excluding hydrogens is 212 g/mol. The van der Waals surface area contributed by atoms with Gasteiger partial charge in [-0.1, -0.05) is 20.8 Å². The molecule has 0 aliphatic carbocycles. The first-order valence-corrected chi connectivity index (χ1v) is 6.57. The lowest BCUT2D eigenvalue weighted by molar-refractivity contribution is 0.309. The predicted octanol–water partition coefficient (Wildman–Crippen LogP) is 2.08. The van der Waals surface area contributed by atoms with E-state index in [1.807, 2.05) is 11.7 Å². The summed E-state index contributed by atoms with van der Waals surface area (Å²) in [5, 5.41) is 4.43. The maximum Gasteiger partial charge on any atom is 0.150 e. The normalized spacial score (nSPS) is 12.1. The van der Waals surface area contributed by atoms with E-state index in [1.54, 1.807) is 0 Å². The number of rotatable bonds is 7. The van der Waals surface area contributed by atoms with Crippen molar-refractivity contribution < 1.29 is 0 Å². The first kappa shape index (κ1) is 14.2. The van der Waals surface area contributed by atoms with Gasteiger partial charge < -0.3 is 5.73 Å². The second kappa shape index (κ2) is 6.15. The van der Waals surface area contributed by atoms with E-state index >= 15 is 0 Å². The van der Waals surface area contributed by atoms with E-state index in [0.29, 0.717) is 5.41 Å². The summed E-state index contributed by atoms with van der Waals surface area (Å²) in [5.74, 6) is 2.07. The van der Waals surface area contributed by atoms with E-state index < -0.39 is 0 Å². The van der Waals surface area contributed by atoms with Crippen molar-refractivity contribution in [3.63, 3.8) is 0 Å². The first-order chi connectivity index (χ1) is 7.98. The van der Waals surface area contributed by atoms with Crippen molar-refractivity contribution in [2.45, 2.75) is 52.9 Å². The monoisotopic (exact) mass is 238 g/mol. The SMILES string of the molecule is CCCc1nc(CCC(C)(C)CCN)n(C)n1. The highest BCUT2D eigenvalue weighted by atomic mass is 15.3. The molecule has 0 unspecified atom stereocenters. The fourth-order valence-electron chi connectivity index (χ4n) is 1.99. The Morgan fingerprint density at radius 2 is 1.94 bits per heavy atom. The summed E-state index contributed by atoms with van der Waals surface area (Å²) >= 11 is 0. The van der Waals surface area contributed by atoms with E-state index in [4.69, 9.17) is 5.73 Å². The molecule has 98 valence electrons. The van der Waals surface area contributed by atoms with Crippen LogP contribution in [0.3, 0.4) is 0 Å². The van der Waals surface area contributed by atoms with Gasteiger partial charge in [0, 0.05) is 19.9 Å². The number of nitrogens with two attached hydrogens (primary N) is 1. The van der Waals surface area contributed by atoms with Gasteiger partial charge in [0.1, 0.15) is 5.82 Å². The average Bonchev–Trinajstić information content (AvgIpc) is 2.57. The number of hydrogen-bond donors (Lipinski definition) is 1. The van der Waals surface area contributed by atoms with Crippen molar-refractivity contribution in [2.75, 3.05) is 6.54 Å². The lowest BCUT2D eigenvalue weighted by Gasteiger charge is -2.23. The van der Waals surface area contributed by atoms with E-state index in [1.165, 1.54) is 0 Å². The fraction of sp³-hybridized carbons (Fsp3) is 0.846. The van der Waals surface area contributed by atoms with Crippen molar-refractivity contribution in [1.29, 1.82) is 0 Å². The first-order valence-electron chi connectivity index (χ1n) is 6.57. The van der Waals surface area contributed by atoms with Crippen LogP contribution in [-0.2, 0) is 19.9 Å². The summed E-state index contributed by atoms with van der Waals surface area (Å²) in [5.41, 5.74) is 5.92. The number of aryl methyl sites for hydroxylation is 3. The third-order valence-corrected chi connectivity index (χ3v) is 3.22. The largest absolute Gasteiger partial charge is 0.330 e. The Kier molecular flexibility index (Phi) is 5.12. The number of nitrogens with zero attached hydrogens (tertiary/aromatic N) is 3. The van der Waals surface area contributed by atoms with Gasteiger partial charge in [-0.05, 0) is 31.2 Å². The highest BCUT2D eigenvalue weighted by molar-refractivity contribution is 4.94. The molecule has 0 amide bonds. The number of aromatic nitrogens is 3. The zero-order valence-electron chi connectivity index (χ0n) is 11.7. The molecule has 0 saturated heterocycles. The Bertz CT molecular complexity index is 341. The van der Waals surface area contributed by atoms with E-state index in [2.05, 4.69) is 30.9 Å². The maximum atomic E-state index is 5.62. The molecule has 4 nitrogen and oxygen atoms in total. The van der Waals surface area contributed by atoms with Gasteiger partial charge in [0.05, 0.1) is 0 Å². The highest BCUT2D eigenvalue weighted by Crippen LogP contribution is 2.25. The summed E-state index contributed by atoms with van der Waals surface area (Å²) in [6.07, 6.45) is 5.23. The minimum Gasteiger partial charge on any atom is -0.330 e. The van der Waals surface area contributed by atoms with Crippen LogP contribution in [-0.4, -0.2) is 21.3 Å². The average molecular weight is 238 g/mol. The van der Waals surface area contributed by atoms with Crippen LogP contribution in [0.1, 0.15) is 51.7 Å². The smallest absolute Gasteiger partial charge is 0.150 e. The van der Waals surface area contributed by atoms with Crippen LogP contribution >= 0.6 is 0 Å². The summed E-state index contributed by atoms with van der Waals surface area (Å²) < 4.78 is 1.92. The van der Waals surface area contributed by atoms with Gasteiger partial charge in [0.2, 0.25) is 0 Å². The molecule has 4 heteroatoms. The van der Waals surface area contributed by atoms with Crippen molar-refractivity contribution in [3.8, 4) is 0 Å². The molecule has 0 saturated carbocycles. The minimum absolute atomic E-state index is 0.297. The second-order valence-electron chi connectivity index (χ2n) is 5.52. The van der Waals surface area contributed by atoms with Crippen LogP contribution in [0.4, 0.5) is 0 Å². The Balaban J connectivity index is 2.56. The molecule has 0 bridgehead atoms. The molecule has 0 radical (unpaired) electrons. The van der Waals surface area contributed by atoms with Crippen molar-refractivity contribution in [3.05, 3.63) is 11.6 Å². The predicted molar refractivity (Wildman–Crippen MR) is 70.8 cm³/mol. The Morgan fingerprint density at radius 1 is 1.24 bits per heavy atom. The maximum absolute atomic E-state index is 5.62. The van der Waals surface area contributed by atoms with Crippen molar-refractivity contribution >= 4 is 0 Å². The molecule has 2 N–H and O–H groups in total. The van der Waals surface area contributed by atoms with Crippen LogP contribution in [0.15, 0.2) is 0 Å². The van der Waals surface area contributed by atoms with Gasteiger partial charge in [-0.3, -0.25) is 4.68 Å². The van der Waals surface area contributed by atoms with Crippen LogP contribution in [0, 0.1) is 5.41 Å². The molecule has 1 heterocycles. The van der Waals surface area contributed by atoms with Crippen molar-refractivity contribution in [2.24, 2.45) is 18.2 Å². The molecule has 1 rings (SSSR count). The zero-order chi connectivity index (χ0) is 12.9. The van der Waals surface area contributed by atoms with Gasteiger partial charge in [0.15, 0.2) is 5.82 Å². The minimum atomic E-state index is 0.297. The van der Waals surface area contributed by atoms with Gasteiger partial charge in [-0.25, -0.2) is 4.98 Å². The Morgan fingerprint density at radius 3 is 2.53 bits per heavy atom. The number of hydrogen-bond acceptors (Lipinski definition) is 3. The lowest BCUT2D eigenvalue weighted by atomic mass is 9.84. The quantitative estimate of drug-likeness (QED) is 0.791. The molecule has 0 fully saturated rings. The zero-order valence-corrected chi connectivity index (χ0v) is 11.7. The molecule has 0 spiro atoms. The topological polar surface area (TPSA) is 56.7 Å². The van der Waals surface area contributed by atoms with Crippen LogP contribution in [0.25, 0.3) is 0 Å². The molecule has 1 aromatic rings. The van der Waals surface area contributed by atoms with Crippen LogP contribution in [0.5, 0.6) is 0 Å². The molecule has 0 aromatic carbocycles. The van der Waals surface area contributed by atoms with Gasteiger partial charge in [-0.15, -0.1) is 0 Å². The molecule has 1 aromatic heterocycles. The lowest BCUT2D eigenvalue weighted by Crippen LogP contribution is -2.18. The van der Waals surface area contributed by atoms with E-state index in [0.717, 1.165) is 50.3 Å². The van der Waals surface area contributed by atoms with Gasteiger partial charge >= 0.3 is 0 Å². The van der Waals surface area contributed by atoms with Crippen molar-refractivity contribution in [1.82, 2.24) is 14.8 Å². The Hall–Kier alpha value is -0.900. The molecular formula is C13H26N4. The summed E-state index contributed by atoms with van der Waals surface area (Å²) in [6, 6.07) is 0.